The molecule has 2 aromatic rings. The second-order valence-corrected chi connectivity index (χ2v) is 4.91. The molecular formula is C18H14FNO3. The van der Waals surface area contributed by atoms with Crippen LogP contribution in [0.1, 0.15) is 27.1 Å². The Bertz CT molecular complexity index is 745. The summed E-state index contributed by atoms with van der Waals surface area (Å²) in [6.07, 6.45) is -0.223. The molecule has 0 N–H and O–H groups in total. The van der Waals surface area contributed by atoms with E-state index in [4.69, 9.17) is 4.74 Å². The van der Waals surface area contributed by atoms with Crippen LogP contribution in [-0.2, 0) is 0 Å². The van der Waals surface area contributed by atoms with Crippen molar-refractivity contribution >= 4 is 11.6 Å². The quantitative estimate of drug-likeness (QED) is 0.767. The molecule has 0 spiro atoms. The topological polar surface area (TPSA) is 67.2 Å². The number of ketones is 2. The number of hydrogen-bond acceptors (Lipinski definition) is 4. The van der Waals surface area contributed by atoms with E-state index in [2.05, 4.69) is 0 Å². The van der Waals surface area contributed by atoms with Crippen LogP contribution in [0.15, 0.2) is 48.5 Å². The summed E-state index contributed by atoms with van der Waals surface area (Å²) >= 11 is 0. The van der Waals surface area contributed by atoms with E-state index in [1.165, 1.54) is 19.2 Å². The van der Waals surface area contributed by atoms with Crippen LogP contribution < -0.4 is 4.74 Å². The predicted molar refractivity (Wildman–Crippen MR) is 81.8 cm³/mol. The van der Waals surface area contributed by atoms with Gasteiger partial charge in [0.25, 0.3) is 0 Å². The molecule has 0 bridgehead atoms. The van der Waals surface area contributed by atoms with Crippen molar-refractivity contribution in [1.29, 1.82) is 5.26 Å². The van der Waals surface area contributed by atoms with Crippen LogP contribution >= 0.6 is 0 Å². The Kier molecular flexibility index (Phi) is 5.21. The molecule has 23 heavy (non-hydrogen) atoms. The van der Waals surface area contributed by atoms with E-state index < -0.39 is 17.5 Å². The van der Waals surface area contributed by atoms with E-state index in [1.54, 1.807) is 24.3 Å². The number of methoxy groups -OCH3 is 1. The molecule has 0 saturated heterocycles. The molecule has 4 nitrogen and oxygen atoms in total. The van der Waals surface area contributed by atoms with Crippen molar-refractivity contribution in [3.8, 4) is 11.8 Å². The fourth-order valence-corrected chi connectivity index (χ4v) is 2.09. The first-order chi connectivity index (χ1) is 11.0. The molecule has 2 rings (SSSR count). The first-order valence-electron chi connectivity index (χ1n) is 6.92. The summed E-state index contributed by atoms with van der Waals surface area (Å²) in [5, 5.41) is 9.17. The van der Waals surface area contributed by atoms with Gasteiger partial charge >= 0.3 is 0 Å². The molecule has 0 aliphatic heterocycles. The van der Waals surface area contributed by atoms with Gasteiger partial charge in [0.2, 0.25) is 0 Å². The van der Waals surface area contributed by atoms with Crippen molar-refractivity contribution in [3.05, 3.63) is 65.5 Å². The lowest BCUT2D eigenvalue weighted by molar-refractivity contribution is 0.0882. The van der Waals surface area contributed by atoms with E-state index >= 15 is 0 Å². The fraction of sp³-hybridized carbons (Fsp3) is 0.167. The highest BCUT2D eigenvalue weighted by atomic mass is 19.1. The smallest absolute Gasteiger partial charge is 0.180 e. The van der Waals surface area contributed by atoms with E-state index in [0.29, 0.717) is 11.3 Å². The Morgan fingerprint density at radius 1 is 1.09 bits per heavy atom. The number of carbonyl (C=O) groups is 2. The van der Waals surface area contributed by atoms with Crippen molar-refractivity contribution in [2.45, 2.75) is 6.42 Å². The van der Waals surface area contributed by atoms with Gasteiger partial charge in [-0.15, -0.1) is 0 Å². The standard InChI is InChI=1S/C18H14FNO3/c1-23-16-8-4-12(5-9-16)17(21)10-14(11-20)18(22)13-2-6-15(19)7-3-13/h2-9,14H,10H2,1H3. The van der Waals surface area contributed by atoms with Crippen molar-refractivity contribution < 1.29 is 18.7 Å². The number of hydrogen-bond donors (Lipinski definition) is 0. The SMILES string of the molecule is COc1ccc(C(=O)CC(C#N)C(=O)c2ccc(F)cc2)cc1. The molecule has 1 atom stereocenters. The summed E-state index contributed by atoms with van der Waals surface area (Å²) < 4.78 is 17.9. The molecule has 0 amide bonds. The van der Waals surface area contributed by atoms with Crippen LogP contribution in [0.25, 0.3) is 0 Å². The molecule has 116 valence electrons. The molecule has 0 aliphatic rings. The Morgan fingerprint density at radius 3 is 2.17 bits per heavy atom. The fourth-order valence-electron chi connectivity index (χ4n) is 2.09. The van der Waals surface area contributed by atoms with Crippen molar-refractivity contribution in [3.63, 3.8) is 0 Å². The molecule has 0 fully saturated rings. The zero-order chi connectivity index (χ0) is 16.8. The largest absolute Gasteiger partial charge is 0.497 e. The third-order valence-corrected chi connectivity index (χ3v) is 3.40. The lowest BCUT2D eigenvalue weighted by Gasteiger charge is -2.08. The number of carbonyl (C=O) groups excluding carboxylic acids is 2. The molecule has 5 heteroatoms. The van der Waals surface area contributed by atoms with Crippen LogP contribution in [0.2, 0.25) is 0 Å². The second-order valence-electron chi connectivity index (χ2n) is 4.91. The van der Waals surface area contributed by atoms with Crippen LogP contribution in [-0.4, -0.2) is 18.7 Å². The Balaban J connectivity index is 2.11. The first kappa shape index (κ1) is 16.4. The van der Waals surface area contributed by atoms with E-state index in [9.17, 15) is 19.2 Å². The summed E-state index contributed by atoms with van der Waals surface area (Å²) in [5.74, 6) is -1.76. The monoisotopic (exact) mass is 311 g/mol. The molecule has 0 saturated carbocycles. The number of Topliss-reactive ketones (excluding diaryl/α,β-unsaturated/α-hetero) is 2. The van der Waals surface area contributed by atoms with Crippen molar-refractivity contribution in [2.24, 2.45) is 5.92 Å². The normalized spacial score (nSPS) is 11.3. The molecule has 0 radical (unpaired) electrons. The second kappa shape index (κ2) is 7.32. The summed E-state index contributed by atoms with van der Waals surface area (Å²) in [5.41, 5.74) is 0.610. The van der Waals surface area contributed by atoms with Crippen LogP contribution in [0.3, 0.4) is 0 Å². The number of benzene rings is 2. The Hall–Kier alpha value is -3.00. The maximum Gasteiger partial charge on any atom is 0.180 e. The predicted octanol–water partition coefficient (Wildman–Crippen LogP) is 3.43. The number of halogens is 1. The average Bonchev–Trinajstić information content (AvgIpc) is 2.59. The van der Waals surface area contributed by atoms with Gasteiger partial charge in [0, 0.05) is 17.5 Å². The molecular weight excluding hydrogens is 297 g/mol. The highest BCUT2D eigenvalue weighted by Crippen LogP contribution is 2.18. The minimum atomic E-state index is -1.10. The van der Waals surface area contributed by atoms with Gasteiger partial charge in [-0.2, -0.15) is 5.26 Å². The summed E-state index contributed by atoms with van der Waals surface area (Å²) in [7, 11) is 1.52. The average molecular weight is 311 g/mol. The van der Waals surface area contributed by atoms with Crippen molar-refractivity contribution in [1.82, 2.24) is 0 Å². The highest BCUT2D eigenvalue weighted by Gasteiger charge is 2.23. The lowest BCUT2D eigenvalue weighted by atomic mass is 9.92. The summed E-state index contributed by atoms with van der Waals surface area (Å²) in [6, 6.07) is 13.2. The molecule has 0 aliphatic carbocycles. The Morgan fingerprint density at radius 2 is 1.65 bits per heavy atom. The number of nitriles is 1. The van der Waals surface area contributed by atoms with Crippen molar-refractivity contribution in [2.75, 3.05) is 7.11 Å². The third kappa shape index (κ3) is 4.01. The Labute approximate surface area is 133 Å². The third-order valence-electron chi connectivity index (χ3n) is 3.40. The maximum atomic E-state index is 12.9. The van der Waals surface area contributed by atoms with Gasteiger partial charge in [-0.3, -0.25) is 9.59 Å². The van der Waals surface area contributed by atoms with Crippen LogP contribution in [0.4, 0.5) is 4.39 Å². The summed E-state index contributed by atoms with van der Waals surface area (Å²) in [4.78, 5) is 24.4. The lowest BCUT2D eigenvalue weighted by Crippen LogP contribution is -2.17. The highest BCUT2D eigenvalue weighted by molar-refractivity contribution is 6.04. The van der Waals surface area contributed by atoms with E-state index in [0.717, 1.165) is 12.1 Å². The number of rotatable bonds is 6. The van der Waals surface area contributed by atoms with Gasteiger partial charge < -0.3 is 4.74 Å². The minimum Gasteiger partial charge on any atom is -0.497 e. The molecule has 0 aromatic heterocycles. The molecule has 0 heterocycles. The van der Waals surface area contributed by atoms with Gasteiger partial charge in [-0.25, -0.2) is 4.39 Å². The van der Waals surface area contributed by atoms with Gasteiger partial charge in [0.05, 0.1) is 13.2 Å². The van der Waals surface area contributed by atoms with E-state index in [-0.39, 0.29) is 17.8 Å². The summed E-state index contributed by atoms with van der Waals surface area (Å²) in [6.45, 7) is 0. The van der Waals surface area contributed by atoms with Crippen LogP contribution in [0.5, 0.6) is 5.75 Å². The number of nitrogens with zero attached hydrogens (tertiary/aromatic N) is 1. The molecule has 2 aromatic carbocycles. The van der Waals surface area contributed by atoms with Gasteiger partial charge in [-0.05, 0) is 48.5 Å². The maximum absolute atomic E-state index is 12.9. The van der Waals surface area contributed by atoms with Gasteiger partial charge in [-0.1, -0.05) is 0 Å². The zero-order valence-corrected chi connectivity index (χ0v) is 12.5. The van der Waals surface area contributed by atoms with E-state index in [1.807, 2.05) is 6.07 Å². The van der Waals surface area contributed by atoms with Gasteiger partial charge in [0.15, 0.2) is 11.6 Å². The zero-order valence-electron chi connectivity index (χ0n) is 12.5. The first-order valence-corrected chi connectivity index (χ1v) is 6.92. The van der Waals surface area contributed by atoms with Crippen LogP contribution in [0, 0.1) is 23.1 Å². The molecule has 1 unspecified atom stereocenters. The number of ether oxygens (including phenoxy) is 1. The van der Waals surface area contributed by atoms with Gasteiger partial charge in [0.1, 0.15) is 17.5 Å². The minimum absolute atomic E-state index is 0.209.